The molecule has 2 saturated heterocycles. The number of benzene rings is 1. The number of hydrogen-bond donors (Lipinski definition) is 8. The standard InChI is InChI=1S/C35H52N8O8/c1-21(44)39-20-28(45)41-25(8-6-14-38-32(36)37)31(47)40-19-23-7-4-5-15-43(23)33(48)51-24-11-12-35(49)27-17-22-9-10-26(50-3)30(46)29(22)34(35,18-24)13-16-42(27)2/h9-11,23,25,27,46,49H,4-8,12-20H2,1-3H3,(H,39,44)(H,40,47)(H,41,45)(H4,36,37,38). The maximum Gasteiger partial charge on any atom is 0.415 e. The number of carbonyl (C=O) groups excluding carboxylic acids is 4. The summed E-state index contributed by atoms with van der Waals surface area (Å²) in [7, 11) is 3.50. The molecule has 4 amide bonds. The topological polar surface area (TPSA) is 232 Å². The Kier molecular flexibility index (Phi) is 11.6. The fourth-order valence-corrected chi connectivity index (χ4v) is 8.37. The lowest BCUT2D eigenvalue weighted by molar-refractivity contribution is -0.146. The molecule has 280 valence electrons. The van der Waals surface area contributed by atoms with Crippen LogP contribution in [0.15, 0.2) is 24.0 Å². The van der Waals surface area contributed by atoms with Gasteiger partial charge < -0.3 is 56.5 Å². The Hall–Kier alpha value is -4.57. The van der Waals surface area contributed by atoms with Gasteiger partial charge in [-0.25, -0.2) is 4.79 Å². The summed E-state index contributed by atoms with van der Waals surface area (Å²) in [5.74, 6) is -0.776. The van der Waals surface area contributed by atoms with Gasteiger partial charge in [0.2, 0.25) is 17.7 Å². The third-order valence-corrected chi connectivity index (χ3v) is 11.0. The summed E-state index contributed by atoms with van der Waals surface area (Å²) in [6.45, 7) is 2.60. The number of allylic oxidation sites excluding steroid dienone is 1. The van der Waals surface area contributed by atoms with E-state index in [4.69, 9.17) is 20.6 Å². The lowest BCUT2D eigenvalue weighted by Crippen LogP contribution is -2.71. The summed E-state index contributed by atoms with van der Waals surface area (Å²) < 4.78 is 11.5. The molecule has 1 aromatic rings. The smallest absolute Gasteiger partial charge is 0.415 e. The van der Waals surface area contributed by atoms with E-state index >= 15 is 0 Å². The SMILES string of the molecule is COc1ccc2c(c1O)C13CCN(C)C(C2)C1(O)CC=C(OC(=O)N1CCCCC1CNC(=O)C(CCCNC(=N)N)NC(=O)CNC(C)=O)C3. The molecule has 0 spiro atoms. The Balaban J connectivity index is 1.27. The van der Waals surface area contributed by atoms with Gasteiger partial charge in [0, 0.05) is 56.4 Å². The Morgan fingerprint density at radius 3 is 2.67 bits per heavy atom. The van der Waals surface area contributed by atoms with Crippen LogP contribution in [0.25, 0.3) is 0 Å². The number of ether oxygens (including phenoxy) is 2. The van der Waals surface area contributed by atoms with Crippen molar-refractivity contribution in [2.75, 3.05) is 46.9 Å². The number of aromatic hydroxyl groups is 1. The van der Waals surface area contributed by atoms with E-state index in [1.807, 2.05) is 13.1 Å². The molecule has 2 fully saturated rings. The largest absolute Gasteiger partial charge is 0.504 e. The maximum atomic E-state index is 13.8. The van der Waals surface area contributed by atoms with Crippen LogP contribution in [0.4, 0.5) is 4.79 Å². The first-order valence-electron chi connectivity index (χ1n) is 17.7. The average Bonchev–Trinajstić information content (AvgIpc) is 3.09. The van der Waals surface area contributed by atoms with Crippen LogP contribution >= 0.6 is 0 Å². The predicted molar refractivity (Wildman–Crippen MR) is 187 cm³/mol. The number of amides is 4. The minimum absolute atomic E-state index is 0.00978. The minimum Gasteiger partial charge on any atom is -0.504 e. The number of guanidine groups is 1. The quantitative estimate of drug-likeness (QED) is 0.0835. The van der Waals surface area contributed by atoms with Gasteiger partial charge in [-0.1, -0.05) is 6.07 Å². The van der Waals surface area contributed by atoms with Crippen molar-refractivity contribution in [2.24, 2.45) is 5.73 Å². The van der Waals surface area contributed by atoms with E-state index in [9.17, 15) is 29.4 Å². The molecule has 5 atom stereocenters. The maximum absolute atomic E-state index is 13.8. The van der Waals surface area contributed by atoms with Gasteiger partial charge in [0.05, 0.1) is 25.3 Å². The predicted octanol–water partition coefficient (Wildman–Crippen LogP) is 0.299. The van der Waals surface area contributed by atoms with Gasteiger partial charge >= 0.3 is 6.09 Å². The number of phenolic OH excluding ortho intramolecular Hbond substituents is 1. The van der Waals surface area contributed by atoms with Gasteiger partial charge in [0.1, 0.15) is 11.8 Å². The highest BCUT2D eigenvalue weighted by Crippen LogP contribution is 2.60. The van der Waals surface area contributed by atoms with Crippen LogP contribution in [0.2, 0.25) is 0 Å². The van der Waals surface area contributed by atoms with Gasteiger partial charge in [-0.3, -0.25) is 19.8 Å². The molecule has 2 heterocycles. The normalized spacial score (nSPS) is 26.0. The molecule has 0 saturated carbocycles. The van der Waals surface area contributed by atoms with E-state index in [0.29, 0.717) is 62.4 Å². The number of phenols is 1. The number of methoxy groups -OCH3 is 1. The van der Waals surface area contributed by atoms with E-state index in [-0.39, 0.29) is 62.1 Å². The Labute approximate surface area is 298 Å². The summed E-state index contributed by atoms with van der Waals surface area (Å²) in [6, 6.07) is 2.23. The monoisotopic (exact) mass is 712 g/mol. The van der Waals surface area contributed by atoms with E-state index < -0.39 is 35.0 Å². The van der Waals surface area contributed by atoms with E-state index in [1.165, 1.54) is 14.0 Å². The van der Waals surface area contributed by atoms with Crippen molar-refractivity contribution >= 4 is 29.8 Å². The fraction of sp³-hybridized carbons (Fsp3) is 0.629. The third-order valence-electron chi connectivity index (χ3n) is 11.0. The second kappa shape index (κ2) is 15.8. The van der Waals surface area contributed by atoms with Crippen molar-refractivity contribution in [1.29, 1.82) is 5.41 Å². The molecule has 2 aliphatic heterocycles. The molecule has 1 aromatic carbocycles. The van der Waals surface area contributed by atoms with Crippen LogP contribution in [0.1, 0.15) is 69.4 Å². The molecule has 2 bridgehead atoms. The van der Waals surface area contributed by atoms with Crippen LogP contribution < -0.4 is 31.7 Å². The first-order chi connectivity index (χ1) is 24.3. The number of carbonyl (C=O) groups is 4. The Bertz CT molecular complexity index is 1550. The van der Waals surface area contributed by atoms with Crippen molar-refractivity contribution in [2.45, 2.75) is 93.9 Å². The van der Waals surface area contributed by atoms with Crippen molar-refractivity contribution < 1.29 is 38.9 Å². The zero-order valence-corrected chi connectivity index (χ0v) is 29.7. The van der Waals surface area contributed by atoms with Gasteiger partial charge in [0.25, 0.3) is 0 Å². The van der Waals surface area contributed by atoms with E-state index in [1.54, 1.807) is 17.0 Å². The second-order valence-electron chi connectivity index (χ2n) is 14.1. The van der Waals surface area contributed by atoms with Crippen LogP contribution in [0.3, 0.4) is 0 Å². The van der Waals surface area contributed by atoms with Crippen molar-refractivity contribution in [3.05, 3.63) is 35.1 Å². The van der Waals surface area contributed by atoms with Crippen molar-refractivity contribution in [1.82, 2.24) is 31.1 Å². The van der Waals surface area contributed by atoms with Crippen molar-refractivity contribution in [3.63, 3.8) is 0 Å². The first kappa shape index (κ1) is 37.7. The second-order valence-corrected chi connectivity index (χ2v) is 14.1. The zero-order valence-electron chi connectivity index (χ0n) is 29.7. The number of rotatable bonds is 12. The Morgan fingerprint density at radius 2 is 1.94 bits per heavy atom. The van der Waals surface area contributed by atoms with E-state index in [2.05, 4.69) is 26.2 Å². The molecular weight excluding hydrogens is 660 g/mol. The summed E-state index contributed by atoms with van der Waals surface area (Å²) in [5, 5.41) is 41.8. The number of fused-ring (bicyclic) bond motifs is 1. The van der Waals surface area contributed by atoms with Gasteiger partial charge in [-0.15, -0.1) is 0 Å². The Morgan fingerprint density at radius 1 is 1.16 bits per heavy atom. The number of likely N-dealkylation sites (N-methyl/N-ethyl adjacent to an activating group) is 1. The summed E-state index contributed by atoms with van der Waals surface area (Å²) in [4.78, 5) is 54.7. The number of hydrogen-bond acceptors (Lipinski definition) is 10. The third kappa shape index (κ3) is 7.86. The fourth-order valence-electron chi connectivity index (χ4n) is 8.37. The molecule has 5 rings (SSSR count). The van der Waals surface area contributed by atoms with Crippen LogP contribution in [-0.2, 0) is 31.0 Å². The molecule has 0 radical (unpaired) electrons. The highest BCUT2D eigenvalue weighted by Gasteiger charge is 2.64. The van der Waals surface area contributed by atoms with E-state index in [0.717, 1.165) is 18.4 Å². The number of aliphatic hydroxyl groups is 1. The number of nitrogens with one attached hydrogen (secondary N) is 5. The molecule has 51 heavy (non-hydrogen) atoms. The first-order valence-corrected chi connectivity index (χ1v) is 17.7. The lowest BCUT2D eigenvalue weighted by atomic mass is 9.50. The molecule has 4 aliphatic rings. The molecule has 9 N–H and O–H groups in total. The van der Waals surface area contributed by atoms with Crippen LogP contribution in [0.5, 0.6) is 11.5 Å². The zero-order chi connectivity index (χ0) is 36.9. The van der Waals surface area contributed by atoms with Gasteiger partial charge in [-0.05, 0) is 76.2 Å². The lowest BCUT2D eigenvalue weighted by Gasteiger charge is -2.62. The molecule has 16 heteroatoms. The molecule has 16 nitrogen and oxygen atoms in total. The molecule has 2 aliphatic carbocycles. The van der Waals surface area contributed by atoms with Crippen LogP contribution in [0, 0.1) is 5.41 Å². The molecule has 0 aromatic heterocycles. The summed E-state index contributed by atoms with van der Waals surface area (Å²) in [6.07, 6.45) is 5.76. The number of likely N-dealkylation sites (tertiary alicyclic amines) is 2. The summed E-state index contributed by atoms with van der Waals surface area (Å²) in [5.41, 5.74) is 4.86. The highest BCUT2D eigenvalue weighted by molar-refractivity contribution is 5.89. The van der Waals surface area contributed by atoms with Gasteiger partial charge in [-0.2, -0.15) is 0 Å². The summed E-state index contributed by atoms with van der Waals surface area (Å²) >= 11 is 0. The van der Waals surface area contributed by atoms with Crippen LogP contribution in [-0.4, -0.2) is 120 Å². The number of nitrogens with two attached hydrogens (primary N) is 1. The number of nitrogens with zero attached hydrogens (tertiary/aromatic N) is 2. The van der Waals surface area contributed by atoms with Crippen molar-refractivity contribution in [3.8, 4) is 11.5 Å². The number of piperidine rings is 2. The molecular formula is C35H52N8O8. The highest BCUT2D eigenvalue weighted by atomic mass is 16.6. The molecule has 5 unspecified atom stereocenters. The van der Waals surface area contributed by atoms with Gasteiger partial charge in [0.15, 0.2) is 17.5 Å². The minimum atomic E-state index is -1.19. The average molecular weight is 713 g/mol.